The maximum atomic E-state index is 11.8. The van der Waals surface area contributed by atoms with Gasteiger partial charge in [-0.05, 0) is 60.9 Å². The summed E-state index contributed by atoms with van der Waals surface area (Å²) in [5.74, 6) is 0.839. The number of carbonyl (C=O) groups is 4. The lowest BCUT2D eigenvalue weighted by Gasteiger charge is -2.17. The lowest BCUT2D eigenvalue weighted by Crippen LogP contribution is -2.07. The number of rotatable bonds is 20. The molecule has 0 atom stereocenters. The van der Waals surface area contributed by atoms with Gasteiger partial charge in [-0.25, -0.2) is 4.79 Å². The first kappa shape index (κ1) is 38.7. The summed E-state index contributed by atoms with van der Waals surface area (Å²) in [5, 5.41) is 0. The molecule has 0 radical (unpaired) electrons. The van der Waals surface area contributed by atoms with Crippen LogP contribution >= 0.6 is 0 Å². The summed E-state index contributed by atoms with van der Waals surface area (Å²) in [6.07, 6.45) is 4.16. The van der Waals surface area contributed by atoms with Gasteiger partial charge >= 0.3 is 23.9 Å². The molecule has 0 aliphatic heterocycles. The molecule has 0 N–H and O–H groups in total. The molecule has 0 aliphatic rings. The van der Waals surface area contributed by atoms with E-state index in [1.54, 1.807) is 54.6 Å². The van der Waals surface area contributed by atoms with E-state index in [2.05, 4.69) is 4.74 Å². The molecule has 0 aromatic heterocycles. The molecule has 0 amide bonds. The first-order valence-corrected chi connectivity index (χ1v) is 15.7. The predicted octanol–water partition coefficient (Wildman–Crippen LogP) is 5.63. The molecule has 0 saturated heterocycles. The van der Waals surface area contributed by atoms with E-state index in [1.807, 2.05) is 0 Å². The predicted molar refractivity (Wildman–Crippen MR) is 180 cm³/mol. The van der Waals surface area contributed by atoms with Crippen LogP contribution in [0.3, 0.4) is 0 Å². The molecule has 0 spiro atoms. The van der Waals surface area contributed by atoms with Crippen molar-refractivity contribution in [1.82, 2.24) is 0 Å². The first-order valence-electron chi connectivity index (χ1n) is 15.7. The molecular weight excluding hydrogens is 652 g/mol. The van der Waals surface area contributed by atoms with E-state index in [1.165, 1.54) is 47.5 Å². The Bertz CT molecular complexity index is 1630. The van der Waals surface area contributed by atoms with Gasteiger partial charge in [0.05, 0.1) is 41.7 Å². The minimum absolute atomic E-state index is 0.0433. The monoisotopic (exact) mass is 694 g/mol. The fourth-order valence-electron chi connectivity index (χ4n) is 4.38. The molecule has 0 bridgehead atoms. The Morgan fingerprint density at radius 2 is 1.24 bits per heavy atom. The SMILES string of the molecule is COC(=O)/C=C/c1cc(OC(C)=O)c(OC)cc1COc1ccc(COc2cccc(OCCCC(=O)OC)c2)c(OCCCC(=O)OC)c1. The van der Waals surface area contributed by atoms with Gasteiger partial charge in [0.25, 0.3) is 0 Å². The van der Waals surface area contributed by atoms with Gasteiger partial charge in [-0.1, -0.05) is 6.07 Å². The summed E-state index contributed by atoms with van der Waals surface area (Å²) < 4.78 is 48.8. The Labute approximate surface area is 290 Å². The highest BCUT2D eigenvalue weighted by Gasteiger charge is 2.15. The summed E-state index contributed by atoms with van der Waals surface area (Å²) >= 11 is 0. The Kier molecular flexibility index (Phi) is 16.0. The van der Waals surface area contributed by atoms with Gasteiger partial charge in [-0.15, -0.1) is 0 Å². The second kappa shape index (κ2) is 20.6. The number of hydrogen-bond donors (Lipinski definition) is 0. The van der Waals surface area contributed by atoms with Crippen molar-refractivity contribution in [2.24, 2.45) is 0 Å². The molecule has 0 heterocycles. The van der Waals surface area contributed by atoms with Crippen LogP contribution in [0, 0.1) is 0 Å². The van der Waals surface area contributed by atoms with E-state index in [0.29, 0.717) is 64.9 Å². The minimum atomic E-state index is -0.566. The molecule has 13 heteroatoms. The Morgan fingerprint density at radius 3 is 1.86 bits per heavy atom. The Hall–Kier alpha value is -5.72. The lowest BCUT2D eigenvalue weighted by atomic mass is 10.1. The normalized spacial score (nSPS) is 10.6. The van der Waals surface area contributed by atoms with Gasteiger partial charge in [-0.3, -0.25) is 14.4 Å². The van der Waals surface area contributed by atoms with Crippen LogP contribution in [0.1, 0.15) is 49.3 Å². The summed E-state index contributed by atoms with van der Waals surface area (Å²) in [6.45, 7) is 2.04. The maximum absolute atomic E-state index is 11.8. The average molecular weight is 695 g/mol. The molecule has 0 fully saturated rings. The molecule has 0 unspecified atom stereocenters. The van der Waals surface area contributed by atoms with E-state index < -0.39 is 11.9 Å². The van der Waals surface area contributed by atoms with Crippen LogP contribution in [0.5, 0.6) is 34.5 Å². The van der Waals surface area contributed by atoms with Crippen LogP contribution in [-0.4, -0.2) is 65.5 Å². The van der Waals surface area contributed by atoms with Gasteiger partial charge in [0, 0.05) is 49.1 Å². The van der Waals surface area contributed by atoms with E-state index in [9.17, 15) is 19.2 Å². The van der Waals surface area contributed by atoms with Crippen LogP contribution in [0.25, 0.3) is 6.08 Å². The summed E-state index contributed by atoms with van der Waals surface area (Å²) in [4.78, 5) is 46.4. The highest BCUT2D eigenvalue weighted by atomic mass is 16.6. The van der Waals surface area contributed by atoms with Crippen molar-refractivity contribution in [2.75, 3.05) is 41.7 Å². The van der Waals surface area contributed by atoms with E-state index in [0.717, 1.165) is 0 Å². The zero-order valence-electron chi connectivity index (χ0n) is 28.8. The third kappa shape index (κ3) is 13.1. The van der Waals surface area contributed by atoms with Crippen molar-refractivity contribution in [2.45, 2.75) is 45.8 Å². The summed E-state index contributed by atoms with van der Waals surface area (Å²) in [5.41, 5.74) is 1.87. The number of hydrogen-bond acceptors (Lipinski definition) is 13. The minimum Gasteiger partial charge on any atom is -0.493 e. The third-order valence-corrected chi connectivity index (χ3v) is 6.94. The van der Waals surface area contributed by atoms with Crippen LogP contribution in [0.4, 0.5) is 0 Å². The van der Waals surface area contributed by atoms with Crippen LogP contribution in [0.2, 0.25) is 0 Å². The second-order valence-corrected chi connectivity index (χ2v) is 10.5. The summed E-state index contributed by atoms with van der Waals surface area (Å²) in [6, 6.07) is 15.6. The fourth-order valence-corrected chi connectivity index (χ4v) is 4.38. The number of benzene rings is 3. The standard InChI is InChI=1S/C37H42O13/c1-25(38)50-34-19-26(14-16-37(41)45-5)28(20-33(34)42-2)24-49-31-15-13-27(32(22-31)47-18-8-12-36(40)44-4)23-48-30-10-6-9-29(21-30)46-17-7-11-35(39)43-3/h6,9-10,13-16,19-22H,7-8,11-12,17-18,23-24H2,1-5H3/b16-14+. The highest BCUT2D eigenvalue weighted by Crippen LogP contribution is 2.33. The average Bonchev–Trinajstić information content (AvgIpc) is 3.12. The maximum Gasteiger partial charge on any atom is 0.330 e. The highest BCUT2D eigenvalue weighted by molar-refractivity contribution is 5.87. The van der Waals surface area contributed by atoms with Crippen molar-refractivity contribution in [1.29, 1.82) is 0 Å². The number of methoxy groups -OCH3 is 4. The second-order valence-electron chi connectivity index (χ2n) is 10.5. The van der Waals surface area contributed by atoms with Gasteiger partial charge in [0.15, 0.2) is 11.5 Å². The smallest absolute Gasteiger partial charge is 0.330 e. The molecule has 268 valence electrons. The van der Waals surface area contributed by atoms with Crippen molar-refractivity contribution >= 4 is 30.0 Å². The van der Waals surface area contributed by atoms with E-state index >= 15 is 0 Å². The first-order chi connectivity index (χ1) is 24.1. The van der Waals surface area contributed by atoms with Gasteiger partial charge in [-0.2, -0.15) is 0 Å². The van der Waals surface area contributed by atoms with Gasteiger partial charge in [0.2, 0.25) is 0 Å². The van der Waals surface area contributed by atoms with E-state index in [-0.39, 0.29) is 50.4 Å². The molecular formula is C37H42O13. The molecule has 3 aromatic carbocycles. The number of ether oxygens (including phenoxy) is 9. The third-order valence-electron chi connectivity index (χ3n) is 6.94. The number of esters is 4. The molecule has 3 aromatic rings. The van der Waals surface area contributed by atoms with Crippen molar-refractivity contribution < 1.29 is 61.8 Å². The fraction of sp³-hybridized carbons (Fsp3) is 0.351. The van der Waals surface area contributed by atoms with Crippen molar-refractivity contribution in [3.8, 4) is 34.5 Å². The molecule has 0 saturated carbocycles. The molecule has 0 aliphatic carbocycles. The van der Waals surface area contributed by atoms with Crippen molar-refractivity contribution in [3.63, 3.8) is 0 Å². The van der Waals surface area contributed by atoms with Gasteiger partial charge < -0.3 is 42.6 Å². The van der Waals surface area contributed by atoms with E-state index in [4.69, 9.17) is 37.9 Å². The van der Waals surface area contributed by atoms with Crippen LogP contribution < -0.4 is 28.4 Å². The zero-order chi connectivity index (χ0) is 36.3. The topological polar surface area (TPSA) is 151 Å². The van der Waals surface area contributed by atoms with Crippen LogP contribution in [0.15, 0.2) is 60.7 Å². The van der Waals surface area contributed by atoms with Gasteiger partial charge in [0.1, 0.15) is 36.2 Å². The number of carbonyl (C=O) groups excluding carboxylic acids is 4. The summed E-state index contributed by atoms with van der Waals surface area (Å²) in [7, 11) is 5.39. The zero-order valence-corrected chi connectivity index (χ0v) is 28.8. The largest absolute Gasteiger partial charge is 0.493 e. The Balaban J connectivity index is 1.79. The Morgan fingerprint density at radius 1 is 0.620 bits per heavy atom. The lowest BCUT2D eigenvalue weighted by molar-refractivity contribution is -0.141. The van der Waals surface area contributed by atoms with Crippen molar-refractivity contribution in [3.05, 3.63) is 77.4 Å². The molecule has 3 rings (SSSR count). The quantitative estimate of drug-likeness (QED) is 0.0473. The molecule has 13 nitrogen and oxygen atoms in total. The molecule has 50 heavy (non-hydrogen) atoms. The van der Waals surface area contributed by atoms with Crippen LogP contribution in [-0.2, 0) is 46.6 Å².